The molecule has 0 saturated carbocycles. The lowest BCUT2D eigenvalue weighted by atomic mass is 10.0. The van der Waals surface area contributed by atoms with Crippen molar-refractivity contribution in [3.8, 4) is 5.75 Å². The number of amides is 4. The number of carbonyl (C=O) groups excluding carboxylic acids is 4. The van der Waals surface area contributed by atoms with Gasteiger partial charge in [-0.25, -0.2) is 4.98 Å². The predicted molar refractivity (Wildman–Crippen MR) is 201 cm³/mol. The Morgan fingerprint density at radius 2 is 1.36 bits per heavy atom. The molecule has 4 aromatic rings. The second kappa shape index (κ2) is 22.0. The van der Waals surface area contributed by atoms with Crippen LogP contribution in [0.15, 0.2) is 95.7 Å². The molecule has 0 unspecified atom stereocenters. The van der Waals surface area contributed by atoms with E-state index in [1.807, 2.05) is 30.3 Å². The van der Waals surface area contributed by atoms with Gasteiger partial charge in [0.1, 0.15) is 36.7 Å². The SMILES string of the molecule is NCCCC[C@H](NC(=O)Cc1ccccc1)C(=O)N[C@@H](CCCCN)C(=O)N[C@H](C(=O)NCc1ncco1)c1ccc(OCc2ccc(C(F)(F)F)cc2)cc1. The molecule has 13 nitrogen and oxygen atoms in total. The average molecular weight is 780 g/mol. The Hall–Kier alpha value is -5.74. The Labute approximate surface area is 323 Å². The Bertz CT molecular complexity index is 1810. The number of nitrogens with one attached hydrogen (secondary N) is 4. The summed E-state index contributed by atoms with van der Waals surface area (Å²) in [7, 11) is 0. The van der Waals surface area contributed by atoms with Gasteiger partial charge in [0.15, 0.2) is 0 Å². The first kappa shape index (κ1) is 43.0. The van der Waals surface area contributed by atoms with Crippen molar-refractivity contribution in [2.45, 2.75) is 82.4 Å². The number of hydrogen-bond donors (Lipinski definition) is 6. The van der Waals surface area contributed by atoms with E-state index in [1.54, 1.807) is 24.3 Å². The predicted octanol–water partition coefficient (Wildman–Crippen LogP) is 4.22. The van der Waals surface area contributed by atoms with Gasteiger partial charge >= 0.3 is 6.18 Å². The third-order valence-electron chi connectivity index (χ3n) is 8.73. The molecule has 0 saturated heterocycles. The molecule has 0 fully saturated rings. The molecule has 300 valence electrons. The van der Waals surface area contributed by atoms with Crippen LogP contribution >= 0.6 is 0 Å². The highest BCUT2D eigenvalue weighted by Crippen LogP contribution is 2.29. The fourth-order valence-electron chi connectivity index (χ4n) is 5.68. The van der Waals surface area contributed by atoms with Gasteiger partial charge < -0.3 is 41.9 Å². The summed E-state index contributed by atoms with van der Waals surface area (Å²) in [5, 5.41) is 11.1. The molecule has 4 amide bonds. The van der Waals surface area contributed by atoms with E-state index in [-0.39, 0.29) is 37.8 Å². The number of halogens is 3. The van der Waals surface area contributed by atoms with Crippen molar-refractivity contribution in [3.63, 3.8) is 0 Å². The number of nitrogens with two attached hydrogens (primary N) is 2. The number of nitrogens with zero attached hydrogens (tertiary/aromatic N) is 1. The maximum atomic E-state index is 14.0. The topological polar surface area (TPSA) is 204 Å². The van der Waals surface area contributed by atoms with Crippen LogP contribution in [0.25, 0.3) is 0 Å². The van der Waals surface area contributed by atoms with Gasteiger partial charge in [0, 0.05) is 0 Å². The maximum absolute atomic E-state index is 14.0. The number of benzene rings is 3. The molecule has 56 heavy (non-hydrogen) atoms. The lowest BCUT2D eigenvalue weighted by Crippen LogP contribution is -2.55. The van der Waals surface area contributed by atoms with Crippen LogP contribution < -0.4 is 37.5 Å². The lowest BCUT2D eigenvalue weighted by molar-refractivity contribution is -0.137. The second-order valence-electron chi connectivity index (χ2n) is 13.1. The van der Waals surface area contributed by atoms with Gasteiger partial charge in [0.25, 0.3) is 0 Å². The minimum Gasteiger partial charge on any atom is -0.489 e. The molecule has 3 aromatic carbocycles. The van der Waals surface area contributed by atoms with Gasteiger partial charge in [-0.15, -0.1) is 0 Å². The van der Waals surface area contributed by atoms with E-state index in [1.165, 1.54) is 24.6 Å². The summed E-state index contributed by atoms with van der Waals surface area (Å²) >= 11 is 0. The van der Waals surface area contributed by atoms with E-state index in [0.717, 1.165) is 17.7 Å². The molecule has 3 atom stereocenters. The molecule has 0 aliphatic heterocycles. The number of aromatic nitrogens is 1. The van der Waals surface area contributed by atoms with Crippen LogP contribution in [0.5, 0.6) is 5.75 Å². The number of unbranched alkanes of at least 4 members (excludes halogenated alkanes) is 2. The molecule has 0 aliphatic carbocycles. The molecule has 16 heteroatoms. The Balaban J connectivity index is 1.50. The molecular formula is C40H48F3N7O6. The van der Waals surface area contributed by atoms with Crippen molar-refractivity contribution >= 4 is 23.6 Å². The number of hydrogen-bond acceptors (Lipinski definition) is 9. The number of alkyl halides is 3. The number of oxazole rings is 1. The van der Waals surface area contributed by atoms with Crippen LogP contribution in [0.1, 0.15) is 72.7 Å². The standard InChI is InChI=1S/C40H48F3N7O6/c41-40(42,43)30-16-12-28(13-17-30)26-56-31-18-14-29(15-19-31)36(39(54)47-25-35-46-22-23-55-35)50-38(53)33(11-5-7-21-45)49-37(52)32(10-4-6-20-44)48-34(51)24-27-8-2-1-3-9-27/h1-3,8-9,12-19,22-23,32-33,36H,4-7,10-11,20-21,24-26,44-45H2,(H,47,54)(H,48,51)(H,49,52)(H,50,53)/t32-,33-,36-/m0/s1. The van der Waals surface area contributed by atoms with Crippen molar-refractivity contribution in [1.29, 1.82) is 0 Å². The highest BCUT2D eigenvalue weighted by Gasteiger charge is 2.31. The third-order valence-corrected chi connectivity index (χ3v) is 8.73. The first-order chi connectivity index (χ1) is 27.0. The normalized spacial score (nSPS) is 12.9. The van der Waals surface area contributed by atoms with Gasteiger partial charge in [0.05, 0.1) is 24.7 Å². The molecule has 0 aliphatic rings. The zero-order valence-electron chi connectivity index (χ0n) is 30.9. The summed E-state index contributed by atoms with van der Waals surface area (Å²) in [4.78, 5) is 58.3. The van der Waals surface area contributed by atoms with Crippen LogP contribution in [0.2, 0.25) is 0 Å². The first-order valence-corrected chi connectivity index (χ1v) is 18.4. The van der Waals surface area contributed by atoms with Gasteiger partial charge in [-0.05, 0) is 92.6 Å². The van der Waals surface area contributed by atoms with Crippen molar-refractivity contribution < 1.29 is 41.5 Å². The van der Waals surface area contributed by atoms with E-state index < -0.39 is 47.6 Å². The maximum Gasteiger partial charge on any atom is 0.416 e. The molecule has 8 N–H and O–H groups in total. The van der Waals surface area contributed by atoms with E-state index in [0.29, 0.717) is 62.1 Å². The van der Waals surface area contributed by atoms with Crippen LogP contribution in [0, 0.1) is 0 Å². The molecule has 0 spiro atoms. The highest BCUT2D eigenvalue weighted by molar-refractivity contribution is 5.94. The van der Waals surface area contributed by atoms with Gasteiger partial charge in [-0.1, -0.05) is 54.6 Å². The second-order valence-corrected chi connectivity index (χ2v) is 13.1. The van der Waals surface area contributed by atoms with Crippen molar-refractivity contribution in [2.75, 3.05) is 13.1 Å². The van der Waals surface area contributed by atoms with Crippen molar-refractivity contribution in [2.24, 2.45) is 11.5 Å². The smallest absolute Gasteiger partial charge is 0.416 e. The van der Waals surface area contributed by atoms with Crippen LogP contribution in [-0.2, 0) is 44.9 Å². The minimum absolute atomic E-state index is 0.0155. The van der Waals surface area contributed by atoms with Crippen LogP contribution in [0.4, 0.5) is 13.2 Å². The van der Waals surface area contributed by atoms with Crippen LogP contribution in [-0.4, -0.2) is 53.8 Å². The van der Waals surface area contributed by atoms with E-state index in [4.69, 9.17) is 20.6 Å². The van der Waals surface area contributed by atoms with E-state index in [2.05, 4.69) is 26.3 Å². The fraction of sp³-hybridized carbons (Fsp3) is 0.375. The van der Waals surface area contributed by atoms with Crippen molar-refractivity contribution in [3.05, 3.63) is 119 Å². The van der Waals surface area contributed by atoms with Gasteiger partial charge in [0.2, 0.25) is 29.5 Å². The molecule has 4 rings (SSSR count). The first-order valence-electron chi connectivity index (χ1n) is 18.4. The Morgan fingerprint density at radius 1 is 0.732 bits per heavy atom. The summed E-state index contributed by atoms with van der Waals surface area (Å²) in [6.07, 6.45) is 1.11. The highest BCUT2D eigenvalue weighted by atomic mass is 19.4. The monoisotopic (exact) mass is 779 g/mol. The molecule has 0 radical (unpaired) electrons. The zero-order chi connectivity index (χ0) is 40.3. The number of rotatable bonds is 22. The zero-order valence-corrected chi connectivity index (χ0v) is 30.9. The van der Waals surface area contributed by atoms with E-state index >= 15 is 0 Å². The quantitative estimate of drug-likeness (QED) is 0.0632. The van der Waals surface area contributed by atoms with Gasteiger partial charge in [-0.3, -0.25) is 19.2 Å². The number of ether oxygens (including phenoxy) is 1. The third kappa shape index (κ3) is 14.2. The molecule has 0 bridgehead atoms. The minimum atomic E-state index is -4.45. The van der Waals surface area contributed by atoms with Crippen molar-refractivity contribution in [1.82, 2.24) is 26.3 Å². The number of carbonyl (C=O) groups is 4. The fourth-order valence-corrected chi connectivity index (χ4v) is 5.68. The molecule has 1 heterocycles. The van der Waals surface area contributed by atoms with Crippen LogP contribution in [0.3, 0.4) is 0 Å². The summed E-state index contributed by atoms with van der Waals surface area (Å²) in [5.41, 5.74) is 12.3. The van der Waals surface area contributed by atoms with E-state index in [9.17, 15) is 32.3 Å². The lowest BCUT2D eigenvalue weighted by Gasteiger charge is -2.26. The molecular weight excluding hydrogens is 731 g/mol. The average Bonchev–Trinajstić information content (AvgIpc) is 3.72. The van der Waals surface area contributed by atoms with Gasteiger partial charge in [-0.2, -0.15) is 13.2 Å². The Kier molecular flexibility index (Phi) is 16.9. The summed E-state index contributed by atoms with van der Waals surface area (Å²) < 4.78 is 49.8. The largest absolute Gasteiger partial charge is 0.489 e. The summed E-state index contributed by atoms with van der Waals surface area (Å²) in [5.74, 6) is -1.57. The Morgan fingerprint density at radius 3 is 1.95 bits per heavy atom. The summed E-state index contributed by atoms with van der Waals surface area (Å²) in [6.45, 7) is 0.676. The molecule has 1 aromatic heterocycles. The summed E-state index contributed by atoms with van der Waals surface area (Å²) in [6, 6.07) is 16.6.